The Morgan fingerprint density at radius 3 is 2.60 bits per heavy atom. The molecule has 0 fully saturated rings. The molecule has 0 spiro atoms. The van der Waals surface area contributed by atoms with Crippen LogP contribution in [0.15, 0.2) is 29.3 Å². The summed E-state index contributed by atoms with van der Waals surface area (Å²) >= 11 is 5.99. The van der Waals surface area contributed by atoms with Crippen molar-refractivity contribution >= 4 is 41.5 Å². The monoisotopic (exact) mass is 339 g/mol. The predicted octanol–water partition coefficient (Wildman–Crippen LogP) is 2.25. The quantitative estimate of drug-likeness (QED) is 0.493. The fourth-order valence-electron chi connectivity index (χ4n) is 1.10. The molecule has 1 aromatic rings. The number of halogens is 2. The zero-order chi connectivity index (χ0) is 10.4. The van der Waals surface area contributed by atoms with Crippen LogP contribution in [0.3, 0.4) is 0 Å². The lowest BCUT2D eigenvalue weighted by Crippen LogP contribution is -2.34. The summed E-state index contributed by atoms with van der Waals surface area (Å²) in [6.07, 6.45) is 0. The molecule has 0 aliphatic rings. The van der Waals surface area contributed by atoms with E-state index in [0.29, 0.717) is 6.54 Å². The van der Waals surface area contributed by atoms with Crippen LogP contribution in [0.4, 0.5) is 0 Å². The maximum atomic E-state index is 5.99. The minimum Gasteiger partial charge on any atom is -0.359 e. The van der Waals surface area contributed by atoms with E-state index >= 15 is 0 Å². The van der Waals surface area contributed by atoms with Crippen LogP contribution in [0.5, 0.6) is 0 Å². The van der Waals surface area contributed by atoms with E-state index in [-0.39, 0.29) is 24.0 Å². The van der Waals surface area contributed by atoms with E-state index in [4.69, 9.17) is 11.6 Å². The molecule has 2 N–H and O–H groups in total. The van der Waals surface area contributed by atoms with Crippen molar-refractivity contribution in [3.63, 3.8) is 0 Å². The largest absolute Gasteiger partial charge is 0.359 e. The molecule has 0 radical (unpaired) electrons. The van der Waals surface area contributed by atoms with E-state index in [1.807, 2.05) is 31.3 Å². The molecule has 5 heteroatoms. The molecule has 3 nitrogen and oxygen atoms in total. The molecule has 15 heavy (non-hydrogen) atoms. The average molecular weight is 340 g/mol. The fourth-order valence-corrected chi connectivity index (χ4v) is 1.30. The third-order valence-electron chi connectivity index (χ3n) is 1.86. The number of hydrogen-bond acceptors (Lipinski definition) is 1. The van der Waals surface area contributed by atoms with Gasteiger partial charge in [0.2, 0.25) is 0 Å². The van der Waals surface area contributed by atoms with Gasteiger partial charge >= 0.3 is 0 Å². The van der Waals surface area contributed by atoms with Gasteiger partial charge in [0.05, 0.1) is 0 Å². The van der Waals surface area contributed by atoms with E-state index in [0.717, 1.165) is 16.5 Å². The molecule has 0 heterocycles. The molecule has 0 amide bonds. The molecule has 0 saturated heterocycles. The Bertz CT molecular complexity index is 328. The fraction of sp³-hybridized carbons (Fsp3) is 0.300. The number of rotatable bonds is 2. The minimum absolute atomic E-state index is 0. The van der Waals surface area contributed by atoms with Gasteiger partial charge in [0.1, 0.15) is 0 Å². The van der Waals surface area contributed by atoms with Crippen molar-refractivity contribution in [2.75, 3.05) is 14.1 Å². The van der Waals surface area contributed by atoms with E-state index in [1.165, 1.54) is 0 Å². The first-order chi connectivity index (χ1) is 6.77. The second-order valence-corrected chi connectivity index (χ2v) is 3.17. The van der Waals surface area contributed by atoms with Crippen LogP contribution < -0.4 is 10.6 Å². The Hall–Kier alpha value is -0.490. The molecule has 1 rings (SSSR count). The van der Waals surface area contributed by atoms with Crippen molar-refractivity contribution in [3.05, 3.63) is 34.9 Å². The van der Waals surface area contributed by atoms with Crippen LogP contribution in [-0.4, -0.2) is 20.1 Å². The van der Waals surface area contributed by atoms with Crippen LogP contribution in [0.25, 0.3) is 0 Å². The summed E-state index contributed by atoms with van der Waals surface area (Å²) < 4.78 is 0. The Morgan fingerprint density at radius 1 is 1.40 bits per heavy atom. The number of hydrogen-bond donors (Lipinski definition) is 2. The lowest BCUT2D eigenvalue weighted by atomic mass is 10.2. The van der Waals surface area contributed by atoms with Gasteiger partial charge in [0.15, 0.2) is 5.96 Å². The third-order valence-corrected chi connectivity index (χ3v) is 2.23. The minimum atomic E-state index is 0. The van der Waals surface area contributed by atoms with Gasteiger partial charge in [0, 0.05) is 25.7 Å². The van der Waals surface area contributed by atoms with Gasteiger partial charge in [-0.05, 0) is 11.6 Å². The maximum Gasteiger partial charge on any atom is 0.190 e. The average Bonchev–Trinajstić information content (AvgIpc) is 2.22. The van der Waals surface area contributed by atoms with E-state index in [9.17, 15) is 0 Å². The lowest BCUT2D eigenvalue weighted by molar-refractivity contribution is 0.866. The maximum absolute atomic E-state index is 5.99. The first-order valence-electron chi connectivity index (χ1n) is 4.39. The highest BCUT2D eigenvalue weighted by Crippen LogP contribution is 2.13. The van der Waals surface area contributed by atoms with Crippen LogP contribution in [0.2, 0.25) is 5.02 Å². The highest BCUT2D eigenvalue weighted by atomic mass is 127. The Balaban J connectivity index is 0.00000196. The Kier molecular flexibility index (Phi) is 7.50. The topological polar surface area (TPSA) is 36.4 Å². The number of aliphatic imine (C=N–C) groups is 1. The van der Waals surface area contributed by atoms with Crippen molar-refractivity contribution in [3.8, 4) is 0 Å². The molecule has 0 bridgehead atoms. The van der Waals surface area contributed by atoms with Crippen molar-refractivity contribution in [2.45, 2.75) is 6.54 Å². The summed E-state index contributed by atoms with van der Waals surface area (Å²) in [5.74, 6) is 0.755. The Morgan fingerprint density at radius 2 is 2.07 bits per heavy atom. The van der Waals surface area contributed by atoms with Gasteiger partial charge in [0.25, 0.3) is 0 Å². The zero-order valence-electron chi connectivity index (χ0n) is 8.75. The van der Waals surface area contributed by atoms with Crippen molar-refractivity contribution < 1.29 is 0 Å². The van der Waals surface area contributed by atoms with Gasteiger partial charge < -0.3 is 10.6 Å². The van der Waals surface area contributed by atoms with Crippen LogP contribution >= 0.6 is 35.6 Å². The van der Waals surface area contributed by atoms with E-state index < -0.39 is 0 Å². The zero-order valence-corrected chi connectivity index (χ0v) is 11.8. The van der Waals surface area contributed by atoms with E-state index in [1.54, 1.807) is 7.05 Å². The molecular weight excluding hydrogens is 324 g/mol. The summed E-state index contributed by atoms with van der Waals surface area (Å²) in [7, 11) is 3.55. The summed E-state index contributed by atoms with van der Waals surface area (Å²) in [5.41, 5.74) is 1.06. The molecule has 0 aromatic heterocycles. The van der Waals surface area contributed by atoms with Crippen molar-refractivity contribution in [1.29, 1.82) is 0 Å². The third kappa shape index (κ3) is 4.70. The first kappa shape index (κ1) is 14.5. The predicted molar refractivity (Wildman–Crippen MR) is 76.1 cm³/mol. The van der Waals surface area contributed by atoms with Crippen LogP contribution in [-0.2, 0) is 6.54 Å². The summed E-state index contributed by atoms with van der Waals surface area (Å²) in [4.78, 5) is 4.00. The Labute approximate surface area is 112 Å². The number of nitrogens with one attached hydrogen (secondary N) is 2. The molecule has 0 aliphatic carbocycles. The second kappa shape index (κ2) is 7.76. The SMILES string of the molecule is CN=C(NC)NCc1ccccc1Cl.I. The molecule has 0 aliphatic heterocycles. The number of benzene rings is 1. The smallest absolute Gasteiger partial charge is 0.190 e. The van der Waals surface area contributed by atoms with Gasteiger partial charge in [-0.1, -0.05) is 29.8 Å². The van der Waals surface area contributed by atoms with Crippen molar-refractivity contribution in [1.82, 2.24) is 10.6 Å². The van der Waals surface area contributed by atoms with Gasteiger partial charge in [-0.3, -0.25) is 4.99 Å². The summed E-state index contributed by atoms with van der Waals surface area (Å²) in [6.45, 7) is 0.674. The van der Waals surface area contributed by atoms with Crippen LogP contribution in [0.1, 0.15) is 5.56 Å². The summed E-state index contributed by atoms with van der Waals surface area (Å²) in [5, 5.41) is 6.84. The van der Waals surface area contributed by atoms with Gasteiger partial charge in [-0.15, -0.1) is 24.0 Å². The summed E-state index contributed by atoms with van der Waals surface area (Å²) in [6, 6.07) is 7.74. The standard InChI is InChI=1S/C10H14ClN3.HI/c1-12-10(13-2)14-7-8-5-3-4-6-9(8)11;/h3-6H,7H2,1-2H3,(H2,12,13,14);1H. The van der Waals surface area contributed by atoms with E-state index in [2.05, 4.69) is 15.6 Å². The second-order valence-electron chi connectivity index (χ2n) is 2.77. The molecule has 1 aromatic carbocycles. The molecule has 84 valence electrons. The van der Waals surface area contributed by atoms with Crippen LogP contribution in [0, 0.1) is 0 Å². The first-order valence-corrected chi connectivity index (χ1v) is 4.77. The lowest BCUT2D eigenvalue weighted by Gasteiger charge is -2.09. The van der Waals surface area contributed by atoms with Gasteiger partial charge in [-0.2, -0.15) is 0 Å². The normalized spacial score (nSPS) is 10.5. The molecular formula is C10H15ClIN3. The molecule has 0 saturated carbocycles. The van der Waals surface area contributed by atoms with Crippen molar-refractivity contribution in [2.24, 2.45) is 4.99 Å². The highest BCUT2D eigenvalue weighted by molar-refractivity contribution is 14.0. The highest BCUT2D eigenvalue weighted by Gasteiger charge is 1.99. The molecule has 0 atom stereocenters. The number of nitrogens with zero attached hydrogens (tertiary/aromatic N) is 1. The number of guanidine groups is 1. The molecule has 0 unspecified atom stereocenters. The van der Waals surface area contributed by atoms with Gasteiger partial charge in [-0.25, -0.2) is 0 Å².